The third-order valence-electron chi connectivity index (χ3n) is 4.64. The largest absolute Gasteiger partial charge is 0.452 e. The van der Waals surface area contributed by atoms with Crippen LogP contribution in [0.3, 0.4) is 0 Å². The number of rotatable bonds is 2. The van der Waals surface area contributed by atoms with Crippen LogP contribution < -0.4 is 10.6 Å². The van der Waals surface area contributed by atoms with Crippen LogP contribution in [0.1, 0.15) is 55.3 Å². The Kier molecular flexibility index (Phi) is 4.03. The van der Waals surface area contributed by atoms with E-state index in [2.05, 4.69) is 10.6 Å². The van der Waals surface area contributed by atoms with Crippen molar-refractivity contribution in [2.75, 3.05) is 6.54 Å². The van der Waals surface area contributed by atoms with Crippen molar-refractivity contribution in [3.63, 3.8) is 0 Å². The summed E-state index contributed by atoms with van der Waals surface area (Å²) in [6.07, 6.45) is 9.82. The van der Waals surface area contributed by atoms with Crippen LogP contribution in [0.2, 0.25) is 5.22 Å². The van der Waals surface area contributed by atoms with E-state index in [-0.39, 0.29) is 22.7 Å². The molecule has 1 aliphatic carbocycles. The predicted molar refractivity (Wildman–Crippen MR) is 78.0 cm³/mol. The van der Waals surface area contributed by atoms with E-state index < -0.39 is 0 Å². The van der Waals surface area contributed by atoms with Crippen LogP contribution in [0.15, 0.2) is 16.7 Å². The molecule has 1 spiro atoms. The van der Waals surface area contributed by atoms with E-state index in [1.54, 1.807) is 6.07 Å². The van der Waals surface area contributed by atoms with Gasteiger partial charge in [-0.25, -0.2) is 0 Å². The summed E-state index contributed by atoms with van der Waals surface area (Å²) in [5.41, 5.74) is 0.678. The molecule has 1 amide bonds. The minimum absolute atomic E-state index is 0.124. The van der Waals surface area contributed by atoms with E-state index in [9.17, 15) is 4.79 Å². The zero-order valence-electron chi connectivity index (χ0n) is 11.6. The number of carbonyl (C=O) groups is 1. The number of hydrogen-bond acceptors (Lipinski definition) is 3. The first kappa shape index (κ1) is 14.0. The average molecular weight is 297 g/mol. The van der Waals surface area contributed by atoms with Crippen LogP contribution >= 0.6 is 11.6 Å². The van der Waals surface area contributed by atoms with Crippen LogP contribution in [0.5, 0.6) is 0 Å². The second-order valence-electron chi connectivity index (χ2n) is 6.04. The Labute approximate surface area is 124 Å². The maximum absolute atomic E-state index is 12.2. The Morgan fingerprint density at radius 2 is 2.20 bits per heavy atom. The summed E-state index contributed by atoms with van der Waals surface area (Å²) in [4.78, 5) is 12.2. The molecule has 2 aliphatic rings. The van der Waals surface area contributed by atoms with Gasteiger partial charge in [0, 0.05) is 11.6 Å². The van der Waals surface area contributed by atoms with E-state index in [4.69, 9.17) is 16.0 Å². The molecule has 2 fully saturated rings. The SMILES string of the molecule is O=C(NC1CCNC2(CCCCC2)C1)c1ccoc1Cl. The molecule has 3 rings (SSSR count). The number of furan rings is 1. The Morgan fingerprint density at radius 1 is 1.40 bits per heavy atom. The summed E-state index contributed by atoms with van der Waals surface area (Å²) >= 11 is 5.85. The van der Waals surface area contributed by atoms with Crippen molar-refractivity contribution in [2.45, 2.75) is 56.5 Å². The smallest absolute Gasteiger partial charge is 0.256 e. The van der Waals surface area contributed by atoms with Gasteiger partial charge in [-0.3, -0.25) is 4.79 Å². The molecule has 0 radical (unpaired) electrons. The van der Waals surface area contributed by atoms with Crippen molar-refractivity contribution in [3.05, 3.63) is 23.1 Å². The molecule has 1 saturated carbocycles. The van der Waals surface area contributed by atoms with Crippen LogP contribution in [0.4, 0.5) is 0 Å². The van der Waals surface area contributed by atoms with E-state index >= 15 is 0 Å². The number of nitrogens with one attached hydrogen (secondary N) is 2. The summed E-state index contributed by atoms with van der Waals surface area (Å²) < 4.78 is 4.98. The monoisotopic (exact) mass is 296 g/mol. The first-order chi connectivity index (χ1) is 9.69. The molecule has 0 bridgehead atoms. The number of hydrogen-bond donors (Lipinski definition) is 2. The van der Waals surface area contributed by atoms with Gasteiger partial charge in [-0.05, 0) is 49.9 Å². The van der Waals surface area contributed by atoms with Crippen LogP contribution in [0, 0.1) is 0 Å². The van der Waals surface area contributed by atoms with Gasteiger partial charge in [-0.1, -0.05) is 19.3 Å². The molecule has 2 heterocycles. The molecule has 4 nitrogen and oxygen atoms in total. The molecule has 1 aliphatic heterocycles. The van der Waals surface area contributed by atoms with Crippen molar-refractivity contribution in [2.24, 2.45) is 0 Å². The lowest BCUT2D eigenvalue weighted by molar-refractivity contribution is 0.0892. The summed E-state index contributed by atoms with van der Waals surface area (Å²) in [5, 5.41) is 6.97. The Balaban J connectivity index is 1.63. The van der Waals surface area contributed by atoms with Gasteiger partial charge in [-0.2, -0.15) is 0 Å². The molecular weight excluding hydrogens is 276 g/mol. The second kappa shape index (κ2) is 5.78. The Hall–Kier alpha value is -1.00. The van der Waals surface area contributed by atoms with Crippen LogP contribution in [0.25, 0.3) is 0 Å². The van der Waals surface area contributed by atoms with Gasteiger partial charge in [0.2, 0.25) is 5.22 Å². The second-order valence-corrected chi connectivity index (χ2v) is 6.38. The lowest BCUT2D eigenvalue weighted by Gasteiger charge is -2.44. The first-order valence-corrected chi connectivity index (χ1v) is 7.85. The lowest BCUT2D eigenvalue weighted by atomic mass is 9.75. The number of piperidine rings is 1. The van der Waals surface area contributed by atoms with E-state index in [1.165, 1.54) is 38.4 Å². The fraction of sp³-hybridized carbons (Fsp3) is 0.667. The standard InChI is InChI=1S/C15H21ClN2O2/c16-13-12(5-9-20-13)14(19)18-11-4-8-17-15(10-11)6-2-1-3-7-15/h5,9,11,17H,1-4,6-8,10H2,(H,18,19). The minimum Gasteiger partial charge on any atom is -0.452 e. The highest BCUT2D eigenvalue weighted by Crippen LogP contribution is 2.34. The lowest BCUT2D eigenvalue weighted by Crippen LogP contribution is -2.57. The number of amides is 1. The molecule has 2 N–H and O–H groups in total. The average Bonchev–Trinajstić information content (AvgIpc) is 2.86. The van der Waals surface area contributed by atoms with E-state index in [1.807, 2.05) is 0 Å². The van der Waals surface area contributed by atoms with Crippen molar-refractivity contribution in [1.29, 1.82) is 0 Å². The van der Waals surface area contributed by atoms with Gasteiger partial charge in [0.05, 0.1) is 11.8 Å². The molecule has 1 aromatic rings. The molecule has 1 atom stereocenters. The number of carbonyl (C=O) groups excluding carboxylic acids is 1. The van der Waals surface area contributed by atoms with Crippen LogP contribution in [-0.4, -0.2) is 24.0 Å². The van der Waals surface area contributed by atoms with Crippen molar-refractivity contribution in [1.82, 2.24) is 10.6 Å². The highest BCUT2D eigenvalue weighted by atomic mass is 35.5. The quantitative estimate of drug-likeness (QED) is 0.881. The Morgan fingerprint density at radius 3 is 2.90 bits per heavy atom. The molecule has 1 aromatic heterocycles. The highest BCUT2D eigenvalue weighted by Gasteiger charge is 2.37. The molecule has 5 heteroatoms. The summed E-state index contributed by atoms with van der Waals surface area (Å²) in [6.45, 7) is 0.976. The third kappa shape index (κ3) is 2.86. The van der Waals surface area contributed by atoms with Gasteiger partial charge >= 0.3 is 0 Å². The van der Waals surface area contributed by atoms with Crippen molar-refractivity contribution < 1.29 is 9.21 Å². The maximum Gasteiger partial charge on any atom is 0.256 e. The van der Waals surface area contributed by atoms with E-state index in [0.717, 1.165) is 19.4 Å². The zero-order chi connectivity index (χ0) is 14.0. The topological polar surface area (TPSA) is 54.3 Å². The van der Waals surface area contributed by atoms with Crippen molar-refractivity contribution in [3.8, 4) is 0 Å². The molecule has 1 unspecified atom stereocenters. The summed E-state index contributed by atoms with van der Waals surface area (Å²) in [6, 6.07) is 1.85. The first-order valence-electron chi connectivity index (χ1n) is 7.47. The molecule has 1 saturated heterocycles. The van der Waals surface area contributed by atoms with Gasteiger partial charge in [0.1, 0.15) is 0 Å². The fourth-order valence-corrected chi connectivity index (χ4v) is 3.81. The molecule has 110 valence electrons. The molecule has 20 heavy (non-hydrogen) atoms. The predicted octanol–water partition coefficient (Wildman–Crippen LogP) is 3.12. The van der Waals surface area contributed by atoms with Crippen molar-refractivity contribution >= 4 is 17.5 Å². The fourth-order valence-electron chi connectivity index (χ4n) is 3.61. The van der Waals surface area contributed by atoms with Gasteiger partial charge < -0.3 is 15.1 Å². The summed E-state index contributed by atoms with van der Waals surface area (Å²) in [7, 11) is 0. The highest BCUT2D eigenvalue weighted by molar-refractivity contribution is 6.32. The normalized spacial score (nSPS) is 25.6. The number of halogens is 1. The Bertz CT molecular complexity index is 474. The maximum atomic E-state index is 12.2. The minimum atomic E-state index is -0.124. The third-order valence-corrected chi connectivity index (χ3v) is 4.93. The van der Waals surface area contributed by atoms with Gasteiger partial charge in [-0.15, -0.1) is 0 Å². The molecular formula is C15H21ClN2O2. The van der Waals surface area contributed by atoms with Crippen LogP contribution in [-0.2, 0) is 0 Å². The molecule has 0 aromatic carbocycles. The summed E-state index contributed by atoms with van der Waals surface area (Å²) in [5.74, 6) is -0.124. The van der Waals surface area contributed by atoms with Gasteiger partial charge in [0.15, 0.2) is 0 Å². The van der Waals surface area contributed by atoms with Gasteiger partial charge in [0.25, 0.3) is 5.91 Å². The zero-order valence-corrected chi connectivity index (χ0v) is 12.3. The van der Waals surface area contributed by atoms with E-state index in [0.29, 0.717) is 5.56 Å².